The maximum atomic E-state index is 12.3. The zero-order valence-electron chi connectivity index (χ0n) is 15.1. The maximum Gasteiger partial charge on any atom is 0.337 e. The van der Waals surface area contributed by atoms with Crippen LogP contribution < -0.4 is 0 Å². The number of carbonyl (C=O) groups excluding carboxylic acids is 4. The molecule has 0 saturated carbocycles. The van der Waals surface area contributed by atoms with Crippen LogP contribution in [0.15, 0.2) is 30.8 Å². The molecule has 0 N–H and O–H groups in total. The van der Waals surface area contributed by atoms with Gasteiger partial charge in [0.15, 0.2) is 5.41 Å². The van der Waals surface area contributed by atoms with E-state index in [0.717, 1.165) is 14.2 Å². The van der Waals surface area contributed by atoms with Crippen molar-refractivity contribution in [2.45, 2.75) is 19.3 Å². The minimum absolute atomic E-state index is 0.0151. The Morgan fingerprint density at radius 2 is 1.46 bits per heavy atom. The predicted octanol–water partition coefficient (Wildman–Crippen LogP) is 2.19. The highest BCUT2D eigenvalue weighted by molar-refractivity contribution is 6.02. The molecule has 0 radical (unpaired) electrons. The van der Waals surface area contributed by atoms with Gasteiger partial charge in [-0.15, -0.1) is 0 Å². The number of hydrogen-bond acceptors (Lipinski definition) is 7. The average molecular weight is 362 g/mol. The summed E-state index contributed by atoms with van der Waals surface area (Å²) < 4.78 is 14.2. The smallest absolute Gasteiger partial charge is 0.337 e. The largest absolute Gasteiger partial charge is 0.468 e. The molecular formula is C19H22O7. The highest BCUT2D eigenvalue weighted by Crippen LogP contribution is 2.37. The van der Waals surface area contributed by atoms with Gasteiger partial charge in [-0.3, -0.25) is 9.59 Å². The molecule has 0 fully saturated rings. The summed E-state index contributed by atoms with van der Waals surface area (Å²) in [5.74, 6) is -2.07. The third kappa shape index (κ3) is 4.56. The van der Waals surface area contributed by atoms with Crippen molar-refractivity contribution in [3.8, 4) is 0 Å². The fourth-order valence-corrected chi connectivity index (χ4v) is 2.64. The Bertz CT molecular complexity index is 672. The summed E-state index contributed by atoms with van der Waals surface area (Å²) in [5.41, 5.74) is -0.219. The normalized spacial score (nSPS) is 10.6. The number of allylic oxidation sites excluding steroid dienone is 1. The van der Waals surface area contributed by atoms with Crippen LogP contribution >= 0.6 is 0 Å². The van der Waals surface area contributed by atoms with E-state index in [9.17, 15) is 19.2 Å². The maximum absolute atomic E-state index is 12.3. The van der Waals surface area contributed by atoms with Gasteiger partial charge in [0.2, 0.25) is 0 Å². The van der Waals surface area contributed by atoms with E-state index in [1.54, 1.807) is 24.3 Å². The van der Waals surface area contributed by atoms with E-state index in [2.05, 4.69) is 11.3 Å². The third-order valence-electron chi connectivity index (χ3n) is 4.07. The number of hydrogen-bond donors (Lipinski definition) is 0. The lowest BCUT2D eigenvalue weighted by Crippen LogP contribution is -2.41. The molecule has 0 unspecified atom stereocenters. The number of esters is 3. The molecule has 0 atom stereocenters. The van der Waals surface area contributed by atoms with Crippen molar-refractivity contribution in [1.82, 2.24) is 0 Å². The molecule has 0 aliphatic heterocycles. The second-order valence-electron chi connectivity index (χ2n) is 5.62. The van der Waals surface area contributed by atoms with E-state index in [-0.39, 0.29) is 19.3 Å². The molecule has 0 saturated heterocycles. The summed E-state index contributed by atoms with van der Waals surface area (Å²) in [5, 5.41) is 0. The molecule has 26 heavy (non-hydrogen) atoms. The lowest BCUT2D eigenvalue weighted by molar-refractivity contribution is -0.169. The Kier molecular flexibility index (Phi) is 7.71. The van der Waals surface area contributed by atoms with E-state index < -0.39 is 23.3 Å². The first-order valence-electron chi connectivity index (χ1n) is 7.83. The molecule has 1 aromatic carbocycles. The van der Waals surface area contributed by atoms with Gasteiger partial charge >= 0.3 is 17.9 Å². The lowest BCUT2D eigenvalue weighted by atomic mass is 9.76. The molecule has 7 nitrogen and oxygen atoms in total. The van der Waals surface area contributed by atoms with E-state index >= 15 is 0 Å². The fourth-order valence-electron chi connectivity index (χ4n) is 2.64. The molecule has 0 spiro atoms. The second-order valence-corrected chi connectivity index (χ2v) is 5.62. The molecule has 0 bridgehead atoms. The van der Waals surface area contributed by atoms with Crippen molar-refractivity contribution in [3.05, 3.63) is 42.0 Å². The van der Waals surface area contributed by atoms with Crippen LogP contribution in [0, 0.1) is 5.41 Å². The molecule has 1 rings (SSSR count). The Labute approximate surface area is 151 Å². The average Bonchev–Trinajstić information content (AvgIpc) is 2.69. The quantitative estimate of drug-likeness (QED) is 0.287. The van der Waals surface area contributed by atoms with Crippen molar-refractivity contribution < 1.29 is 33.4 Å². The van der Waals surface area contributed by atoms with E-state index in [1.165, 1.54) is 7.11 Å². The molecule has 140 valence electrons. The fraction of sp³-hybridized carbons (Fsp3) is 0.368. The topological polar surface area (TPSA) is 96.0 Å². The number of benzene rings is 1. The Morgan fingerprint density at radius 3 is 1.88 bits per heavy atom. The standard InChI is InChI=1S/C19H22O7/c1-13(14-6-8-15(9-7-14)16(21)24-2)12-19(10-5-11-20,17(22)25-3)18(23)26-4/h6-9,11H,1,5,10,12H2,2-4H3. The Balaban J connectivity index is 3.18. The summed E-state index contributed by atoms with van der Waals surface area (Å²) in [6.45, 7) is 3.93. The Hall–Kier alpha value is -2.96. The molecule has 0 aliphatic carbocycles. The number of methoxy groups -OCH3 is 3. The summed E-state index contributed by atoms with van der Waals surface area (Å²) in [6.07, 6.45) is 0.459. The predicted molar refractivity (Wildman–Crippen MR) is 93.2 cm³/mol. The summed E-state index contributed by atoms with van der Waals surface area (Å²) in [6, 6.07) is 6.37. The number of rotatable bonds is 9. The molecule has 7 heteroatoms. The molecule has 0 amide bonds. The van der Waals surface area contributed by atoms with Crippen LogP contribution in [-0.4, -0.2) is 45.5 Å². The highest BCUT2D eigenvalue weighted by Gasteiger charge is 2.48. The monoisotopic (exact) mass is 362 g/mol. The number of ether oxygens (including phenoxy) is 3. The van der Waals surface area contributed by atoms with Gasteiger partial charge in [0, 0.05) is 6.42 Å². The first kappa shape index (κ1) is 21.1. The highest BCUT2D eigenvalue weighted by atomic mass is 16.5. The van der Waals surface area contributed by atoms with Crippen LogP contribution in [0.3, 0.4) is 0 Å². The number of aldehydes is 1. The van der Waals surface area contributed by atoms with Gasteiger partial charge in [0.1, 0.15) is 6.29 Å². The van der Waals surface area contributed by atoms with Gasteiger partial charge in [-0.25, -0.2) is 4.79 Å². The van der Waals surface area contributed by atoms with Crippen molar-refractivity contribution in [1.29, 1.82) is 0 Å². The lowest BCUT2D eigenvalue weighted by Gasteiger charge is -2.28. The van der Waals surface area contributed by atoms with Crippen LogP contribution in [0.2, 0.25) is 0 Å². The van der Waals surface area contributed by atoms with E-state index in [4.69, 9.17) is 9.47 Å². The summed E-state index contributed by atoms with van der Waals surface area (Å²) >= 11 is 0. The second kappa shape index (κ2) is 9.50. The van der Waals surface area contributed by atoms with Crippen LogP contribution in [0.4, 0.5) is 0 Å². The molecular weight excluding hydrogens is 340 g/mol. The van der Waals surface area contributed by atoms with Crippen molar-refractivity contribution in [2.24, 2.45) is 5.41 Å². The van der Waals surface area contributed by atoms with Crippen molar-refractivity contribution in [2.75, 3.05) is 21.3 Å². The van der Waals surface area contributed by atoms with Gasteiger partial charge in [0.25, 0.3) is 0 Å². The zero-order valence-corrected chi connectivity index (χ0v) is 15.1. The minimum Gasteiger partial charge on any atom is -0.468 e. The van der Waals surface area contributed by atoms with Gasteiger partial charge < -0.3 is 19.0 Å². The van der Waals surface area contributed by atoms with Crippen LogP contribution in [0.25, 0.3) is 5.57 Å². The van der Waals surface area contributed by atoms with Gasteiger partial charge in [0.05, 0.1) is 26.9 Å². The van der Waals surface area contributed by atoms with Crippen LogP contribution in [0.5, 0.6) is 0 Å². The molecule has 1 aromatic rings. The van der Waals surface area contributed by atoms with Gasteiger partial charge in [-0.1, -0.05) is 18.7 Å². The molecule has 0 heterocycles. The summed E-state index contributed by atoms with van der Waals surface area (Å²) in [4.78, 5) is 47.0. The summed E-state index contributed by atoms with van der Waals surface area (Å²) in [7, 11) is 3.60. The first-order valence-corrected chi connectivity index (χ1v) is 7.83. The van der Waals surface area contributed by atoms with Gasteiger partial charge in [-0.05, 0) is 36.1 Å². The van der Waals surface area contributed by atoms with Crippen molar-refractivity contribution in [3.63, 3.8) is 0 Å². The zero-order chi connectivity index (χ0) is 19.7. The van der Waals surface area contributed by atoms with Crippen LogP contribution in [0.1, 0.15) is 35.2 Å². The molecule has 0 aliphatic rings. The van der Waals surface area contributed by atoms with Crippen molar-refractivity contribution >= 4 is 29.8 Å². The van der Waals surface area contributed by atoms with E-state index in [0.29, 0.717) is 23.0 Å². The minimum atomic E-state index is -1.66. The van der Waals surface area contributed by atoms with E-state index in [1.807, 2.05) is 0 Å². The van der Waals surface area contributed by atoms with Crippen LogP contribution in [-0.2, 0) is 28.6 Å². The van der Waals surface area contributed by atoms with Gasteiger partial charge in [-0.2, -0.15) is 0 Å². The first-order chi connectivity index (χ1) is 12.4. The Morgan fingerprint density at radius 1 is 0.962 bits per heavy atom. The third-order valence-corrected chi connectivity index (χ3v) is 4.07. The SMILES string of the molecule is C=C(CC(CCC=O)(C(=O)OC)C(=O)OC)c1ccc(C(=O)OC)cc1. The molecule has 0 aromatic heterocycles. The number of carbonyl (C=O) groups is 4.